The standard InChI is InChI=1S/C10H17N3O3/c1-2-14-6-7(11)9-12-10(16-13-9)8-4-3-5-15-8/h7-8H,2-6,11H2,1H3. The number of hydrogen-bond donors (Lipinski definition) is 1. The van der Waals surface area contributed by atoms with Crippen molar-refractivity contribution in [3.05, 3.63) is 11.7 Å². The summed E-state index contributed by atoms with van der Waals surface area (Å²) in [5.74, 6) is 1.01. The molecule has 1 aromatic rings. The van der Waals surface area contributed by atoms with Gasteiger partial charge in [-0.25, -0.2) is 0 Å². The lowest BCUT2D eigenvalue weighted by Gasteiger charge is -2.05. The van der Waals surface area contributed by atoms with Gasteiger partial charge >= 0.3 is 0 Å². The highest BCUT2D eigenvalue weighted by molar-refractivity contribution is 4.96. The number of ether oxygens (including phenoxy) is 2. The van der Waals surface area contributed by atoms with E-state index in [0.717, 1.165) is 19.4 Å². The van der Waals surface area contributed by atoms with Gasteiger partial charge in [0.25, 0.3) is 5.89 Å². The van der Waals surface area contributed by atoms with Crippen LogP contribution in [0.1, 0.15) is 43.6 Å². The Kier molecular flexibility index (Phi) is 3.87. The Labute approximate surface area is 94.1 Å². The molecule has 1 aliphatic heterocycles. The highest BCUT2D eigenvalue weighted by Crippen LogP contribution is 2.27. The van der Waals surface area contributed by atoms with Crippen molar-refractivity contribution in [1.29, 1.82) is 0 Å². The van der Waals surface area contributed by atoms with Gasteiger partial charge in [0.2, 0.25) is 0 Å². The highest BCUT2D eigenvalue weighted by atomic mass is 16.5. The van der Waals surface area contributed by atoms with Crippen molar-refractivity contribution in [3.63, 3.8) is 0 Å². The summed E-state index contributed by atoms with van der Waals surface area (Å²) in [4.78, 5) is 4.24. The molecule has 6 nitrogen and oxygen atoms in total. The molecule has 0 bridgehead atoms. The molecule has 0 spiro atoms. The maximum atomic E-state index is 5.84. The zero-order valence-corrected chi connectivity index (χ0v) is 9.39. The summed E-state index contributed by atoms with van der Waals surface area (Å²) in [5, 5.41) is 3.84. The second kappa shape index (κ2) is 5.38. The summed E-state index contributed by atoms with van der Waals surface area (Å²) < 4.78 is 15.8. The van der Waals surface area contributed by atoms with Crippen molar-refractivity contribution in [2.45, 2.75) is 31.9 Å². The first-order valence-electron chi connectivity index (χ1n) is 5.59. The summed E-state index contributed by atoms with van der Waals surface area (Å²) in [7, 11) is 0. The van der Waals surface area contributed by atoms with Gasteiger partial charge in [0, 0.05) is 13.2 Å². The van der Waals surface area contributed by atoms with Crippen LogP contribution >= 0.6 is 0 Å². The summed E-state index contributed by atoms with van der Waals surface area (Å²) in [6, 6.07) is -0.334. The zero-order chi connectivity index (χ0) is 11.4. The molecule has 2 rings (SSSR count). The second-order valence-corrected chi connectivity index (χ2v) is 3.76. The number of hydrogen-bond acceptors (Lipinski definition) is 6. The van der Waals surface area contributed by atoms with Crippen LogP contribution in [0.3, 0.4) is 0 Å². The third-order valence-electron chi connectivity index (χ3n) is 2.50. The lowest BCUT2D eigenvalue weighted by atomic mass is 10.2. The molecule has 0 radical (unpaired) electrons. The van der Waals surface area contributed by atoms with E-state index in [1.807, 2.05) is 6.92 Å². The molecule has 2 N–H and O–H groups in total. The minimum atomic E-state index is -0.334. The van der Waals surface area contributed by atoms with Gasteiger partial charge in [0.15, 0.2) is 5.82 Å². The molecule has 1 aromatic heterocycles. The minimum absolute atomic E-state index is 0.0551. The van der Waals surface area contributed by atoms with Crippen molar-refractivity contribution >= 4 is 0 Å². The molecule has 0 aromatic carbocycles. The first-order valence-corrected chi connectivity index (χ1v) is 5.59. The molecular formula is C10H17N3O3. The molecule has 1 aliphatic rings. The zero-order valence-electron chi connectivity index (χ0n) is 9.39. The normalized spacial score (nSPS) is 22.5. The van der Waals surface area contributed by atoms with Crippen molar-refractivity contribution < 1.29 is 14.0 Å². The lowest BCUT2D eigenvalue weighted by molar-refractivity contribution is 0.0835. The van der Waals surface area contributed by atoms with E-state index in [1.54, 1.807) is 0 Å². The minimum Gasteiger partial charge on any atom is -0.380 e. The summed E-state index contributed by atoms with van der Waals surface area (Å²) in [6.07, 6.45) is 1.91. The predicted octanol–water partition coefficient (Wildman–Crippen LogP) is 0.957. The Morgan fingerprint density at radius 2 is 2.50 bits per heavy atom. The first-order chi connectivity index (χ1) is 7.81. The largest absolute Gasteiger partial charge is 0.380 e. The smallest absolute Gasteiger partial charge is 0.255 e. The van der Waals surface area contributed by atoms with Crippen LogP contribution < -0.4 is 5.73 Å². The highest BCUT2D eigenvalue weighted by Gasteiger charge is 2.25. The third-order valence-corrected chi connectivity index (χ3v) is 2.50. The molecule has 2 heterocycles. The van der Waals surface area contributed by atoms with E-state index in [4.69, 9.17) is 19.7 Å². The Morgan fingerprint density at radius 3 is 3.19 bits per heavy atom. The molecule has 90 valence electrons. The van der Waals surface area contributed by atoms with Gasteiger partial charge in [-0.05, 0) is 19.8 Å². The molecule has 0 saturated carbocycles. The second-order valence-electron chi connectivity index (χ2n) is 3.76. The van der Waals surface area contributed by atoms with Crippen molar-refractivity contribution in [2.24, 2.45) is 5.73 Å². The molecular weight excluding hydrogens is 210 g/mol. The van der Waals surface area contributed by atoms with Crippen LogP contribution in [-0.4, -0.2) is 30.0 Å². The molecule has 2 unspecified atom stereocenters. The Bertz CT molecular complexity index is 323. The predicted molar refractivity (Wildman–Crippen MR) is 55.6 cm³/mol. The molecule has 1 fully saturated rings. The van der Waals surface area contributed by atoms with Crippen LogP contribution in [0.25, 0.3) is 0 Å². The number of nitrogens with zero attached hydrogens (tertiary/aromatic N) is 2. The summed E-state index contributed by atoms with van der Waals surface area (Å²) >= 11 is 0. The van der Waals surface area contributed by atoms with Gasteiger partial charge < -0.3 is 19.7 Å². The maximum absolute atomic E-state index is 5.84. The molecule has 1 saturated heterocycles. The van der Waals surface area contributed by atoms with Gasteiger partial charge in [-0.3, -0.25) is 0 Å². The summed E-state index contributed by atoms with van der Waals surface area (Å²) in [6.45, 7) is 3.71. The van der Waals surface area contributed by atoms with E-state index in [9.17, 15) is 0 Å². The first kappa shape index (κ1) is 11.5. The molecule has 6 heteroatoms. The van der Waals surface area contributed by atoms with Crippen molar-refractivity contribution in [2.75, 3.05) is 19.8 Å². The van der Waals surface area contributed by atoms with Crippen molar-refractivity contribution in [3.8, 4) is 0 Å². The fourth-order valence-electron chi connectivity index (χ4n) is 1.62. The van der Waals surface area contributed by atoms with Gasteiger partial charge in [0.05, 0.1) is 12.6 Å². The van der Waals surface area contributed by atoms with Crippen LogP contribution in [0.2, 0.25) is 0 Å². The fraction of sp³-hybridized carbons (Fsp3) is 0.800. The molecule has 0 aliphatic carbocycles. The van der Waals surface area contributed by atoms with Crippen LogP contribution in [0.5, 0.6) is 0 Å². The van der Waals surface area contributed by atoms with Crippen LogP contribution in [0.15, 0.2) is 4.52 Å². The number of rotatable bonds is 5. The summed E-state index contributed by atoms with van der Waals surface area (Å²) in [5.41, 5.74) is 5.84. The van der Waals surface area contributed by atoms with Crippen LogP contribution in [0, 0.1) is 0 Å². The van der Waals surface area contributed by atoms with Gasteiger partial charge in [0.1, 0.15) is 6.10 Å². The van der Waals surface area contributed by atoms with E-state index < -0.39 is 0 Å². The molecule has 0 amide bonds. The quantitative estimate of drug-likeness (QED) is 0.806. The molecule has 16 heavy (non-hydrogen) atoms. The Balaban J connectivity index is 1.95. The number of nitrogens with two attached hydrogens (primary N) is 1. The van der Waals surface area contributed by atoms with E-state index in [0.29, 0.717) is 24.9 Å². The van der Waals surface area contributed by atoms with Crippen LogP contribution in [-0.2, 0) is 9.47 Å². The average molecular weight is 227 g/mol. The third kappa shape index (κ3) is 2.58. The molecule has 2 atom stereocenters. The Morgan fingerprint density at radius 1 is 1.62 bits per heavy atom. The fourth-order valence-corrected chi connectivity index (χ4v) is 1.62. The van der Waals surface area contributed by atoms with Gasteiger partial charge in [-0.2, -0.15) is 4.98 Å². The Hall–Kier alpha value is -0.980. The van der Waals surface area contributed by atoms with E-state index in [1.165, 1.54) is 0 Å². The van der Waals surface area contributed by atoms with E-state index >= 15 is 0 Å². The van der Waals surface area contributed by atoms with Crippen molar-refractivity contribution in [1.82, 2.24) is 10.1 Å². The SMILES string of the molecule is CCOCC(N)c1noc(C2CCCO2)n1. The van der Waals surface area contributed by atoms with E-state index in [-0.39, 0.29) is 12.1 Å². The lowest BCUT2D eigenvalue weighted by Crippen LogP contribution is -2.18. The number of aromatic nitrogens is 2. The van der Waals surface area contributed by atoms with Gasteiger partial charge in [-0.15, -0.1) is 0 Å². The van der Waals surface area contributed by atoms with Crippen LogP contribution in [0.4, 0.5) is 0 Å². The monoisotopic (exact) mass is 227 g/mol. The average Bonchev–Trinajstić information content (AvgIpc) is 2.94. The van der Waals surface area contributed by atoms with E-state index in [2.05, 4.69) is 10.1 Å². The van der Waals surface area contributed by atoms with Gasteiger partial charge in [-0.1, -0.05) is 5.16 Å². The topological polar surface area (TPSA) is 83.4 Å². The maximum Gasteiger partial charge on any atom is 0.255 e.